The zero-order valence-electron chi connectivity index (χ0n) is 20.4. The van der Waals surface area contributed by atoms with Crippen molar-refractivity contribution >= 4 is 38.8 Å². The van der Waals surface area contributed by atoms with Gasteiger partial charge in [-0.25, -0.2) is 0 Å². The number of hydrogen-bond donors (Lipinski definition) is 1. The van der Waals surface area contributed by atoms with Crippen LogP contribution in [0.3, 0.4) is 0 Å². The van der Waals surface area contributed by atoms with Crippen LogP contribution in [0.15, 0.2) is 60.7 Å². The lowest BCUT2D eigenvalue weighted by Crippen LogP contribution is -2.48. The smallest absolute Gasteiger partial charge is 0.207 e. The standard InChI is InChI=1S/C29H27ClFNO4S/c1-18-3-4-20(30)13-25(18)27(34)29-28(24-10-5-21(33)14-26(24)37-29)36-23-8-6-22(7-9-23)35-12-2-11-32-16-19(15-31)17-32/h3-10,13-14,19,33H,2,11-12,15-17H2,1H3. The van der Waals surface area contributed by atoms with E-state index in [9.17, 15) is 14.3 Å². The Labute approximate surface area is 224 Å². The quantitative estimate of drug-likeness (QED) is 0.170. The molecule has 4 aromatic rings. The number of nitrogens with zero attached hydrogens (tertiary/aromatic N) is 1. The molecule has 0 saturated carbocycles. The summed E-state index contributed by atoms with van der Waals surface area (Å²) in [6.07, 6.45) is 0.874. The summed E-state index contributed by atoms with van der Waals surface area (Å²) in [5.74, 6) is 1.87. The molecular formula is C29H27ClFNO4S. The van der Waals surface area contributed by atoms with Crippen molar-refractivity contribution in [1.82, 2.24) is 4.90 Å². The molecule has 0 unspecified atom stereocenters. The van der Waals surface area contributed by atoms with E-state index in [-0.39, 0.29) is 24.1 Å². The number of carbonyl (C=O) groups excluding carboxylic acids is 1. The van der Waals surface area contributed by atoms with E-state index in [2.05, 4.69) is 4.90 Å². The first-order valence-corrected chi connectivity index (χ1v) is 13.4. The van der Waals surface area contributed by atoms with Crippen LogP contribution in [0.4, 0.5) is 4.39 Å². The van der Waals surface area contributed by atoms with Crippen molar-refractivity contribution in [1.29, 1.82) is 0 Å². The van der Waals surface area contributed by atoms with Gasteiger partial charge in [0.05, 0.1) is 13.3 Å². The number of benzene rings is 3. The van der Waals surface area contributed by atoms with E-state index in [0.29, 0.717) is 33.6 Å². The average Bonchev–Trinajstić information content (AvgIpc) is 3.22. The molecule has 0 spiro atoms. The van der Waals surface area contributed by atoms with Crippen LogP contribution >= 0.6 is 22.9 Å². The highest BCUT2D eigenvalue weighted by Gasteiger charge is 2.26. The fourth-order valence-corrected chi connectivity index (χ4v) is 5.72. The molecule has 37 heavy (non-hydrogen) atoms. The molecule has 8 heteroatoms. The molecule has 0 amide bonds. The third-order valence-corrected chi connectivity index (χ3v) is 7.83. The number of aromatic hydroxyl groups is 1. The maximum Gasteiger partial charge on any atom is 0.207 e. The number of carbonyl (C=O) groups is 1. The van der Waals surface area contributed by atoms with Crippen LogP contribution in [0.1, 0.15) is 27.2 Å². The van der Waals surface area contributed by atoms with Gasteiger partial charge in [-0.05, 0) is 73.5 Å². The third kappa shape index (κ3) is 5.74. The molecule has 1 aromatic heterocycles. The van der Waals surface area contributed by atoms with Crippen LogP contribution in [0.25, 0.3) is 10.1 Å². The summed E-state index contributed by atoms with van der Waals surface area (Å²) < 4.78 is 25.4. The largest absolute Gasteiger partial charge is 0.508 e. The van der Waals surface area contributed by atoms with Gasteiger partial charge in [0.15, 0.2) is 5.75 Å². The molecule has 5 rings (SSSR count). The molecule has 5 nitrogen and oxygen atoms in total. The van der Waals surface area contributed by atoms with Crippen molar-refractivity contribution in [3.8, 4) is 23.0 Å². The number of thiophene rings is 1. The highest BCUT2D eigenvalue weighted by molar-refractivity contribution is 7.21. The monoisotopic (exact) mass is 539 g/mol. The predicted molar refractivity (Wildman–Crippen MR) is 146 cm³/mol. The van der Waals surface area contributed by atoms with Crippen molar-refractivity contribution in [2.45, 2.75) is 13.3 Å². The molecule has 1 fully saturated rings. The average molecular weight is 540 g/mol. The van der Waals surface area contributed by atoms with Gasteiger partial charge < -0.3 is 19.5 Å². The lowest BCUT2D eigenvalue weighted by molar-refractivity contribution is 0.0755. The van der Waals surface area contributed by atoms with Gasteiger partial charge in [-0.3, -0.25) is 9.18 Å². The minimum absolute atomic E-state index is 0.121. The fraction of sp³-hybridized carbons (Fsp3) is 0.276. The Hall–Kier alpha value is -3.13. The number of alkyl halides is 1. The highest BCUT2D eigenvalue weighted by atomic mass is 35.5. The van der Waals surface area contributed by atoms with Gasteiger partial charge in [0.2, 0.25) is 5.78 Å². The number of ether oxygens (including phenoxy) is 2. The lowest BCUT2D eigenvalue weighted by Gasteiger charge is -2.37. The number of phenolic OH excluding ortho intramolecular Hbond substituents is 1. The molecule has 2 heterocycles. The third-order valence-electron chi connectivity index (χ3n) is 6.46. The van der Waals surface area contributed by atoms with E-state index in [4.69, 9.17) is 21.1 Å². The summed E-state index contributed by atoms with van der Waals surface area (Å²) in [5.41, 5.74) is 1.33. The number of phenols is 1. The number of halogens is 2. The maximum atomic E-state index is 13.6. The normalized spacial score (nSPS) is 14.0. The number of aryl methyl sites for hydroxylation is 1. The van der Waals surface area contributed by atoms with E-state index in [1.54, 1.807) is 42.5 Å². The van der Waals surface area contributed by atoms with Gasteiger partial charge >= 0.3 is 0 Å². The molecule has 0 atom stereocenters. The number of fused-ring (bicyclic) bond motifs is 1. The second kappa shape index (κ2) is 11.1. The zero-order valence-corrected chi connectivity index (χ0v) is 21.9. The summed E-state index contributed by atoms with van der Waals surface area (Å²) in [6.45, 7) is 4.78. The minimum atomic E-state index is -0.235. The van der Waals surface area contributed by atoms with E-state index in [1.807, 2.05) is 25.1 Å². The first-order valence-electron chi connectivity index (χ1n) is 12.2. The molecule has 1 aliphatic heterocycles. The maximum absolute atomic E-state index is 13.6. The first-order chi connectivity index (χ1) is 17.9. The van der Waals surface area contributed by atoms with Crippen molar-refractivity contribution in [3.63, 3.8) is 0 Å². The number of ketones is 1. The topological polar surface area (TPSA) is 59.0 Å². The Morgan fingerprint density at radius 3 is 2.62 bits per heavy atom. The van der Waals surface area contributed by atoms with Crippen molar-refractivity contribution in [2.24, 2.45) is 5.92 Å². The van der Waals surface area contributed by atoms with Crippen molar-refractivity contribution < 1.29 is 23.8 Å². The Morgan fingerprint density at radius 1 is 1.11 bits per heavy atom. The Balaban J connectivity index is 1.31. The van der Waals surface area contributed by atoms with Gasteiger partial charge in [-0.15, -0.1) is 11.3 Å². The van der Waals surface area contributed by atoms with Crippen molar-refractivity contribution in [2.75, 3.05) is 32.9 Å². The molecular weight excluding hydrogens is 513 g/mol. The Morgan fingerprint density at radius 2 is 1.86 bits per heavy atom. The summed E-state index contributed by atoms with van der Waals surface area (Å²) in [4.78, 5) is 16.2. The summed E-state index contributed by atoms with van der Waals surface area (Å²) in [7, 11) is 0. The van der Waals surface area contributed by atoms with Crippen LogP contribution in [0, 0.1) is 12.8 Å². The summed E-state index contributed by atoms with van der Waals surface area (Å²) in [5, 5.41) is 11.2. The van der Waals surface area contributed by atoms with Crippen molar-refractivity contribution in [3.05, 3.63) is 81.7 Å². The molecule has 0 aliphatic carbocycles. The second-order valence-electron chi connectivity index (χ2n) is 9.28. The van der Waals surface area contributed by atoms with Gasteiger partial charge in [0, 0.05) is 46.2 Å². The van der Waals surface area contributed by atoms with E-state index < -0.39 is 0 Å². The number of hydrogen-bond acceptors (Lipinski definition) is 6. The van der Waals surface area contributed by atoms with Gasteiger partial charge in [-0.2, -0.15) is 0 Å². The van der Waals surface area contributed by atoms with E-state index in [1.165, 1.54) is 11.3 Å². The van der Waals surface area contributed by atoms with Crippen LogP contribution < -0.4 is 9.47 Å². The SMILES string of the molecule is Cc1ccc(Cl)cc1C(=O)c1sc2cc(O)ccc2c1Oc1ccc(OCCCN2CC(CF)C2)cc1. The molecule has 0 radical (unpaired) electrons. The van der Waals surface area contributed by atoms with Crippen LogP contribution in [-0.2, 0) is 0 Å². The molecule has 1 aliphatic rings. The molecule has 0 bridgehead atoms. The lowest BCUT2D eigenvalue weighted by atomic mass is 10.0. The highest BCUT2D eigenvalue weighted by Crippen LogP contribution is 2.43. The second-order valence-corrected chi connectivity index (χ2v) is 10.8. The number of rotatable bonds is 10. The predicted octanol–water partition coefficient (Wildman–Crippen LogP) is 7.26. The fourth-order valence-electron chi connectivity index (χ4n) is 4.43. The number of likely N-dealkylation sites (tertiary alicyclic amines) is 1. The first kappa shape index (κ1) is 25.5. The molecule has 1 N–H and O–H groups in total. The van der Waals surface area contributed by atoms with Gasteiger partial charge in [0.25, 0.3) is 0 Å². The van der Waals surface area contributed by atoms with Crippen LogP contribution in [0.5, 0.6) is 23.0 Å². The van der Waals surface area contributed by atoms with Gasteiger partial charge in [0.1, 0.15) is 22.1 Å². The summed E-state index contributed by atoms with van der Waals surface area (Å²) >= 11 is 7.45. The summed E-state index contributed by atoms with van der Waals surface area (Å²) in [6, 6.07) is 17.5. The zero-order chi connectivity index (χ0) is 25.9. The Bertz CT molecular complexity index is 1420. The van der Waals surface area contributed by atoms with Crippen LogP contribution in [0.2, 0.25) is 5.02 Å². The molecule has 3 aromatic carbocycles. The Kier molecular flexibility index (Phi) is 7.65. The van der Waals surface area contributed by atoms with E-state index in [0.717, 1.165) is 47.5 Å². The molecule has 192 valence electrons. The van der Waals surface area contributed by atoms with Gasteiger partial charge in [-0.1, -0.05) is 17.7 Å². The van der Waals surface area contributed by atoms with Crippen LogP contribution in [-0.4, -0.2) is 48.7 Å². The van der Waals surface area contributed by atoms with E-state index >= 15 is 0 Å². The molecule has 1 saturated heterocycles. The minimum Gasteiger partial charge on any atom is -0.508 e.